The smallest absolute Gasteiger partial charge is 0.389 e. The minimum Gasteiger partial charge on any atom is -0.598 e. The van der Waals surface area contributed by atoms with Crippen molar-refractivity contribution in [2.75, 3.05) is 0 Å². The van der Waals surface area contributed by atoms with E-state index in [1.54, 1.807) is 19.9 Å². The summed E-state index contributed by atoms with van der Waals surface area (Å²) < 4.78 is 46.6. The molecule has 0 saturated carbocycles. The highest BCUT2D eigenvalue weighted by molar-refractivity contribution is 7.89. The van der Waals surface area contributed by atoms with E-state index in [-0.39, 0.29) is 6.42 Å². The summed E-state index contributed by atoms with van der Waals surface area (Å²) in [5.41, 5.74) is 0.652. The zero-order valence-electron chi connectivity index (χ0n) is 8.80. The molecular weight excluding hydrogens is 227 g/mol. The van der Waals surface area contributed by atoms with E-state index in [0.29, 0.717) is 12.0 Å². The second kappa shape index (κ2) is 6.40. The van der Waals surface area contributed by atoms with Crippen molar-refractivity contribution < 1.29 is 17.7 Å². The summed E-state index contributed by atoms with van der Waals surface area (Å²) >= 11 is -1.51. The van der Waals surface area contributed by atoms with Crippen molar-refractivity contribution in [2.45, 2.75) is 44.5 Å². The number of halogens is 3. The molecule has 0 fully saturated rings. The Morgan fingerprint density at radius 3 is 2.40 bits per heavy atom. The Morgan fingerprint density at radius 2 is 2.07 bits per heavy atom. The SMILES string of the molecule is CCC(=CC(C)[S+](N)[O-])CCC(F)(F)F. The Hall–Kier alpha value is -0.200. The molecule has 0 aliphatic heterocycles. The number of hydrogen-bond donors (Lipinski definition) is 1. The summed E-state index contributed by atoms with van der Waals surface area (Å²) in [4.78, 5) is 0. The van der Waals surface area contributed by atoms with Gasteiger partial charge in [0.2, 0.25) is 0 Å². The molecule has 0 spiro atoms. The van der Waals surface area contributed by atoms with Crippen LogP contribution < -0.4 is 5.14 Å². The number of nitrogens with two attached hydrogens (primary N) is 1. The van der Waals surface area contributed by atoms with Gasteiger partial charge in [0, 0.05) is 17.8 Å². The summed E-state index contributed by atoms with van der Waals surface area (Å²) in [6.07, 6.45) is -2.92. The van der Waals surface area contributed by atoms with Crippen molar-refractivity contribution >= 4 is 11.4 Å². The monoisotopic (exact) mass is 243 g/mol. The molecule has 2 unspecified atom stereocenters. The second-order valence-electron chi connectivity index (χ2n) is 3.33. The van der Waals surface area contributed by atoms with Gasteiger partial charge in [0.25, 0.3) is 0 Å². The highest BCUT2D eigenvalue weighted by atomic mass is 32.2. The first kappa shape index (κ1) is 14.8. The van der Waals surface area contributed by atoms with Gasteiger partial charge in [-0.3, -0.25) is 0 Å². The fourth-order valence-corrected chi connectivity index (χ4v) is 1.41. The Kier molecular flexibility index (Phi) is 6.31. The Bertz CT molecular complexity index is 216. The van der Waals surface area contributed by atoms with Crippen LogP contribution in [0, 0.1) is 0 Å². The molecule has 90 valence electrons. The van der Waals surface area contributed by atoms with Crippen molar-refractivity contribution in [2.24, 2.45) is 5.14 Å². The molecule has 0 aromatic heterocycles. The summed E-state index contributed by atoms with van der Waals surface area (Å²) in [6, 6.07) is 0. The van der Waals surface area contributed by atoms with Crippen molar-refractivity contribution in [3.05, 3.63) is 11.6 Å². The van der Waals surface area contributed by atoms with Crippen molar-refractivity contribution in [1.82, 2.24) is 0 Å². The van der Waals surface area contributed by atoms with Crippen molar-refractivity contribution in [1.29, 1.82) is 0 Å². The van der Waals surface area contributed by atoms with Crippen LogP contribution in [0.2, 0.25) is 0 Å². The molecule has 0 amide bonds. The predicted molar refractivity (Wildman–Crippen MR) is 55.5 cm³/mol. The molecule has 2 atom stereocenters. The first-order chi connectivity index (χ1) is 6.76. The van der Waals surface area contributed by atoms with Gasteiger partial charge in [0.05, 0.1) is 0 Å². The highest BCUT2D eigenvalue weighted by Crippen LogP contribution is 2.25. The lowest BCUT2D eigenvalue weighted by Gasteiger charge is -2.12. The van der Waals surface area contributed by atoms with E-state index < -0.39 is 29.2 Å². The topological polar surface area (TPSA) is 49.1 Å². The molecule has 0 aliphatic carbocycles. The van der Waals surface area contributed by atoms with Crippen LogP contribution in [0.1, 0.15) is 33.1 Å². The molecule has 0 aromatic carbocycles. The quantitative estimate of drug-likeness (QED) is 0.596. The lowest BCUT2D eigenvalue weighted by molar-refractivity contribution is -0.134. The van der Waals surface area contributed by atoms with Crippen LogP contribution in [-0.2, 0) is 11.4 Å². The minimum atomic E-state index is -4.14. The molecule has 0 heterocycles. The molecule has 0 saturated heterocycles. The van der Waals surface area contributed by atoms with E-state index in [9.17, 15) is 17.7 Å². The number of alkyl halides is 3. The molecule has 15 heavy (non-hydrogen) atoms. The van der Waals surface area contributed by atoms with E-state index in [1.165, 1.54) is 0 Å². The largest absolute Gasteiger partial charge is 0.598 e. The number of allylic oxidation sites excluding steroid dienone is 1. The maximum absolute atomic E-state index is 11.9. The third kappa shape index (κ3) is 7.70. The van der Waals surface area contributed by atoms with Gasteiger partial charge < -0.3 is 4.55 Å². The molecular formula is C9H16F3NOS. The molecule has 2 nitrogen and oxygen atoms in total. The second-order valence-corrected chi connectivity index (χ2v) is 4.73. The van der Waals surface area contributed by atoms with E-state index in [1.807, 2.05) is 0 Å². The van der Waals surface area contributed by atoms with E-state index >= 15 is 0 Å². The van der Waals surface area contributed by atoms with Gasteiger partial charge in [-0.15, -0.1) is 0 Å². The van der Waals surface area contributed by atoms with Crippen LogP contribution in [-0.4, -0.2) is 16.0 Å². The minimum absolute atomic E-state index is 0.0401. The first-order valence-electron chi connectivity index (χ1n) is 4.67. The summed E-state index contributed by atoms with van der Waals surface area (Å²) in [7, 11) is 0. The Balaban J connectivity index is 4.24. The van der Waals surface area contributed by atoms with Gasteiger partial charge in [0.1, 0.15) is 0 Å². The molecule has 0 aromatic rings. The van der Waals surface area contributed by atoms with Gasteiger partial charge in [-0.2, -0.15) is 18.3 Å². The Labute approximate surface area is 91.0 Å². The fraction of sp³-hybridized carbons (Fsp3) is 0.778. The zero-order valence-corrected chi connectivity index (χ0v) is 9.62. The first-order valence-corrected chi connectivity index (χ1v) is 5.95. The van der Waals surface area contributed by atoms with Crippen LogP contribution >= 0.6 is 0 Å². The van der Waals surface area contributed by atoms with Gasteiger partial charge in [-0.25, -0.2) is 0 Å². The molecule has 6 heteroatoms. The molecule has 0 aliphatic rings. The van der Waals surface area contributed by atoms with Crippen LogP contribution in [0.5, 0.6) is 0 Å². The number of rotatable bonds is 5. The van der Waals surface area contributed by atoms with E-state index in [2.05, 4.69) is 0 Å². The van der Waals surface area contributed by atoms with Crippen LogP contribution in [0.25, 0.3) is 0 Å². The molecule has 2 N–H and O–H groups in total. The Morgan fingerprint density at radius 1 is 1.53 bits per heavy atom. The molecule has 0 rings (SSSR count). The summed E-state index contributed by atoms with van der Waals surface area (Å²) in [5.74, 6) is 0. The third-order valence-corrected chi connectivity index (χ3v) is 2.89. The normalized spacial score (nSPS) is 17.7. The highest BCUT2D eigenvalue weighted by Gasteiger charge is 2.26. The average Bonchev–Trinajstić information content (AvgIpc) is 2.10. The number of hydrogen-bond acceptors (Lipinski definition) is 2. The third-order valence-electron chi connectivity index (χ3n) is 2.02. The maximum atomic E-state index is 11.9. The van der Waals surface area contributed by atoms with Crippen LogP contribution in [0.15, 0.2) is 11.6 Å². The van der Waals surface area contributed by atoms with Gasteiger partial charge in [-0.05, 0) is 25.8 Å². The van der Waals surface area contributed by atoms with Crippen LogP contribution in [0.3, 0.4) is 0 Å². The van der Waals surface area contributed by atoms with Gasteiger partial charge in [0.15, 0.2) is 5.25 Å². The average molecular weight is 243 g/mol. The molecule has 0 radical (unpaired) electrons. The summed E-state index contributed by atoms with van der Waals surface area (Å²) in [6.45, 7) is 3.40. The fourth-order valence-electron chi connectivity index (χ4n) is 1.08. The zero-order chi connectivity index (χ0) is 12.1. The predicted octanol–water partition coefficient (Wildman–Crippen LogP) is 2.68. The summed E-state index contributed by atoms with van der Waals surface area (Å²) in [5, 5.41) is 4.73. The van der Waals surface area contributed by atoms with Crippen molar-refractivity contribution in [3.63, 3.8) is 0 Å². The van der Waals surface area contributed by atoms with E-state index in [0.717, 1.165) is 0 Å². The van der Waals surface area contributed by atoms with Gasteiger partial charge in [-0.1, -0.05) is 12.5 Å². The van der Waals surface area contributed by atoms with Crippen molar-refractivity contribution in [3.8, 4) is 0 Å². The standard InChI is InChI=1S/C9H16F3NOS/c1-3-8(4-5-9(10,11)12)6-7(2)15(13)14/h6-7H,3-5,13H2,1-2H3. The lowest BCUT2D eigenvalue weighted by Crippen LogP contribution is -2.24. The maximum Gasteiger partial charge on any atom is 0.389 e. The van der Waals surface area contributed by atoms with E-state index in [4.69, 9.17) is 5.14 Å². The van der Waals surface area contributed by atoms with Crippen LogP contribution in [0.4, 0.5) is 13.2 Å². The lowest BCUT2D eigenvalue weighted by atomic mass is 10.1. The molecule has 0 bridgehead atoms. The van der Waals surface area contributed by atoms with Gasteiger partial charge >= 0.3 is 6.18 Å².